The normalized spacial score (nSPS) is 17.2. The number of nitrogens with one attached hydrogen (secondary N) is 2. The summed E-state index contributed by atoms with van der Waals surface area (Å²) in [6.45, 7) is 18.1. The molecule has 1 aliphatic rings. The number of guanidine groups is 1. The Labute approximate surface area is 196 Å². The first kappa shape index (κ1) is 26.5. The topological polar surface area (TPSA) is 58.1 Å². The van der Waals surface area contributed by atoms with E-state index in [1.165, 1.54) is 12.0 Å². The lowest BCUT2D eigenvalue weighted by molar-refractivity contribution is 0.0531. The van der Waals surface area contributed by atoms with Crippen LogP contribution in [0.1, 0.15) is 65.9 Å². The molecule has 2 rings (SSSR count). The van der Waals surface area contributed by atoms with Crippen LogP contribution in [-0.4, -0.2) is 69.4 Å². The highest BCUT2D eigenvalue weighted by Gasteiger charge is 2.34. The van der Waals surface area contributed by atoms with Gasteiger partial charge in [0.05, 0.1) is 13.2 Å². The molecule has 0 bridgehead atoms. The summed E-state index contributed by atoms with van der Waals surface area (Å²) in [5.74, 6) is 1.84. The van der Waals surface area contributed by atoms with Crippen molar-refractivity contribution in [1.82, 2.24) is 15.5 Å². The van der Waals surface area contributed by atoms with Crippen LogP contribution in [0.15, 0.2) is 29.3 Å². The maximum Gasteiger partial charge on any atom is 0.191 e. The van der Waals surface area contributed by atoms with E-state index in [-0.39, 0.29) is 5.41 Å². The zero-order valence-corrected chi connectivity index (χ0v) is 21.1. The molecule has 1 aromatic rings. The Kier molecular flexibility index (Phi) is 11.9. The highest BCUT2D eigenvalue weighted by Crippen LogP contribution is 2.36. The molecule has 6 heteroatoms. The Balaban J connectivity index is 2.04. The van der Waals surface area contributed by atoms with Gasteiger partial charge in [0.2, 0.25) is 0 Å². The van der Waals surface area contributed by atoms with Crippen molar-refractivity contribution in [3.63, 3.8) is 0 Å². The molecule has 0 amide bonds. The molecule has 1 saturated heterocycles. The molecule has 0 aliphatic carbocycles. The van der Waals surface area contributed by atoms with Crippen LogP contribution in [0.2, 0.25) is 0 Å². The Morgan fingerprint density at radius 2 is 1.81 bits per heavy atom. The fourth-order valence-electron chi connectivity index (χ4n) is 4.39. The monoisotopic (exact) mass is 446 g/mol. The summed E-state index contributed by atoms with van der Waals surface area (Å²) in [5.41, 5.74) is 1.34. The third-order valence-electron chi connectivity index (χ3n) is 6.50. The van der Waals surface area contributed by atoms with Crippen molar-refractivity contribution < 1.29 is 9.47 Å². The van der Waals surface area contributed by atoms with Gasteiger partial charge >= 0.3 is 0 Å². The van der Waals surface area contributed by atoms with Gasteiger partial charge in [0.25, 0.3) is 0 Å². The van der Waals surface area contributed by atoms with Gasteiger partial charge in [0, 0.05) is 31.2 Å². The summed E-state index contributed by atoms with van der Waals surface area (Å²) in [4.78, 5) is 7.54. The first-order chi connectivity index (χ1) is 15.6. The Morgan fingerprint density at radius 1 is 1.12 bits per heavy atom. The SMILES string of the molecule is CCNC(=NCC1(c2ccc(OCC)cc2)CCOCC1)NC(C)CCCN(CC)CC. The molecule has 1 atom stereocenters. The maximum absolute atomic E-state index is 5.70. The molecule has 0 spiro atoms. The molecule has 32 heavy (non-hydrogen) atoms. The minimum Gasteiger partial charge on any atom is -0.494 e. The standard InChI is InChI=1S/C26H46N4O2/c1-6-27-25(29-22(5)11-10-18-30(7-2)8-3)28-21-26(16-19-31-20-17-26)23-12-14-24(15-13-23)32-9-4/h12-15,22H,6-11,16-21H2,1-5H3,(H2,27,28,29). The van der Waals surface area contributed by atoms with Gasteiger partial charge in [-0.2, -0.15) is 0 Å². The third kappa shape index (κ3) is 8.28. The Morgan fingerprint density at radius 3 is 2.41 bits per heavy atom. The van der Waals surface area contributed by atoms with Gasteiger partial charge in [-0.25, -0.2) is 0 Å². The fourth-order valence-corrected chi connectivity index (χ4v) is 4.39. The highest BCUT2D eigenvalue weighted by atomic mass is 16.5. The van der Waals surface area contributed by atoms with Gasteiger partial charge in [0.15, 0.2) is 5.96 Å². The maximum atomic E-state index is 5.70. The molecule has 6 nitrogen and oxygen atoms in total. The molecule has 182 valence electrons. The van der Waals surface area contributed by atoms with E-state index in [2.05, 4.69) is 67.5 Å². The summed E-state index contributed by atoms with van der Waals surface area (Å²) in [6, 6.07) is 8.98. The zero-order valence-electron chi connectivity index (χ0n) is 21.1. The Bertz CT molecular complexity index is 652. The molecule has 0 saturated carbocycles. The van der Waals surface area contributed by atoms with Gasteiger partial charge < -0.3 is 25.0 Å². The largest absolute Gasteiger partial charge is 0.494 e. The van der Waals surface area contributed by atoms with Crippen molar-refractivity contribution in [2.45, 2.75) is 71.8 Å². The van der Waals surface area contributed by atoms with Crippen molar-refractivity contribution in [2.75, 3.05) is 52.5 Å². The zero-order chi connectivity index (χ0) is 23.2. The first-order valence-corrected chi connectivity index (χ1v) is 12.6. The number of rotatable bonds is 13. The predicted octanol–water partition coefficient (Wildman–Crippen LogP) is 4.20. The number of nitrogens with zero attached hydrogens (tertiary/aromatic N) is 2. The predicted molar refractivity (Wildman–Crippen MR) is 135 cm³/mol. The number of aliphatic imine (C=N–C) groups is 1. The van der Waals surface area contributed by atoms with Crippen LogP contribution in [0.25, 0.3) is 0 Å². The first-order valence-electron chi connectivity index (χ1n) is 12.6. The van der Waals surface area contributed by atoms with Crippen molar-refractivity contribution in [1.29, 1.82) is 0 Å². The van der Waals surface area contributed by atoms with E-state index < -0.39 is 0 Å². The highest BCUT2D eigenvalue weighted by molar-refractivity contribution is 5.80. The minimum absolute atomic E-state index is 0.0112. The average Bonchev–Trinajstić information content (AvgIpc) is 2.82. The quantitative estimate of drug-likeness (QED) is 0.351. The van der Waals surface area contributed by atoms with E-state index >= 15 is 0 Å². The molecule has 1 fully saturated rings. The van der Waals surface area contributed by atoms with Crippen LogP contribution in [-0.2, 0) is 10.2 Å². The van der Waals surface area contributed by atoms with Crippen LogP contribution in [0.4, 0.5) is 0 Å². The molecule has 1 aromatic carbocycles. The van der Waals surface area contributed by atoms with Crippen molar-refractivity contribution in [3.8, 4) is 5.75 Å². The minimum atomic E-state index is 0.0112. The van der Waals surface area contributed by atoms with Crippen LogP contribution in [0.5, 0.6) is 5.75 Å². The van der Waals surface area contributed by atoms with Gasteiger partial charge in [-0.1, -0.05) is 26.0 Å². The van der Waals surface area contributed by atoms with Gasteiger partial charge in [-0.05, 0) is 83.8 Å². The molecule has 1 unspecified atom stereocenters. The van der Waals surface area contributed by atoms with E-state index in [1.807, 2.05) is 6.92 Å². The van der Waals surface area contributed by atoms with E-state index in [4.69, 9.17) is 14.5 Å². The van der Waals surface area contributed by atoms with E-state index in [1.54, 1.807) is 0 Å². The van der Waals surface area contributed by atoms with Gasteiger partial charge in [-0.15, -0.1) is 0 Å². The summed E-state index contributed by atoms with van der Waals surface area (Å²) >= 11 is 0. The summed E-state index contributed by atoms with van der Waals surface area (Å²) in [5, 5.41) is 7.08. The smallest absolute Gasteiger partial charge is 0.191 e. The second-order valence-corrected chi connectivity index (χ2v) is 8.76. The molecular formula is C26H46N4O2. The molecule has 1 heterocycles. The van der Waals surface area contributed by atoms with Crippen LogP contribution in [0.3, 0.4) is 0 Å². The van der Waals surface area contributed by atoms with Crippen molar-refractivity contribution in [3.05, 3.63) is 29.8 Å². The lowest BCUT2D eigenvalue weighted by Crippen LogP contribution is -2.44. The van der Waals surface area contributed by atoms with Gasteiger partial charge in [-0.3, -0.25) is 4.99 Å². The van der Waals surface area contributed by atoms with Crippen LogP contribution >= 0.6 is 0 Å². The molecule has 0 radical (unpaired) electrons. The van der Waals surface area contributed by atoms with E-state index in [9.17, 15) is 0 Å². The summed E-state index contributed by atoms with van der Waals surface area (Å²) in [7, 11) is 0. The fraction of sp³-hybridized carbons (Fsp3) is 0.731. The van der Waals surface area contributed by atoms with E-state index in [0.717, 1.165) is 76.9 Å². The van der Waals surface area contributed by atoms with Crippen LogP contribution < -0.4 is 15.4 Å². The second kappa shape index (κ2) is 14.4. The van der Waals surface area contributed by atoms with Crippen LogP contribution in [0, 0.1) is 0 Å². The van der Waals surface area contributed by atoms with Crippen molar-refractivity contribution in [2.24, 2.45) is 4.99 Å². The molecule has 2 N–H and O–H groups in total. The second-order valence-electron chi connectivity index (χ2n) is 8.76. The lowest BCUT2D eigenvalue weighted by Gasteiger charge is -2.37. The Hall–Kier alpha value is -1.79. The number of benzene rings is 1. The average molecular weight is 447 g/mol. The van der Waals surface area contributed by atoms with Crippen molar-refractivity contribution >= 4 is 5.96 Å². The summed E-state index contributed by atoms with van der Waals surface area (Å²) < 4.78 is 11.3. The molecular weight excluding hydrogens is 400 g/mol. The van der Waals surface area contributed by atoms with Gasteiger partial charge in [0.1, 0.15) is 5.75 Å². The molecule has 1 aliphatic heterocycles. The number of hydrogen-bond acceptors (Lipinski definition) is 4. The third-order valence-corrected chi connectivity index (χ3v) is 6.50. The molecule has 0 aromatic heterocycles. The van der Waals surface area contributed by atoms with E-state index in [0.29, 0.717) is 12.6 Å². The summed E-state index contributed by atoms with van der Waals surface area (Å²) in [6.07, 6.45) is 4.31. The number of ether oxygens (including phenoxy) is 2. The number of hydrogen-bond donors (Lipinski definition) is 2. The lowest BCUT2D eigenvalue weighted by atomic mass is 9.74.